The molecule has 0 unspecified atom stereocenters. The Balaban J connectivity index is 1.73. The standard InChI is InChI=1S/C24H32N2O3S/c1-4-11-25(15-19(27)5-2)16-24(28)26-12-9-23-21(10-13-30-23)22(26)17-29-20-8-6-7-18(3)14-20/h4,6-8,10,13-14,19,22,27H,1,5,9,11-12,15-17H2,2-3H3/t19-,22-/m1/s1. The number of carbonyl (C=O) groups is 1. The molecule has 0 saturated heterocycles. The van der Waals surface area contributed by atoms with Gasteiger partial charge in [0, 0.05) is 24.5 Å². The summed E-state index contributed by atoms with van der Waals surface area (Å²) in [6.07, 6.45) is 2.87. The summed E-state index contributed by atoms with van der Waals surface area (Å²) in [7, 11) is 0. The van der Waals surface area contributed by atoms with E-state index in [2.05, 4.69) is 18.0 Å². The fourth-order valence-electron chi connectivity index (χ4n) is 3.85. The smallest absolute Gasteiger partial charge is 0.237 e. The van der Waals surface area contributed by atoms with Gasteiger partial charge in [0.25, 0.3) is 0 Å². The number of benzene rings is 1. The summed E-state index contributed by atoms with van der Waals surface area (Å²) in [5, 5.41) is 12.1. The lowest BCUT2D eigenvalue weighted by Gasteiger charge is -2.37. The van der Waals surface area contributed by atoms with Crippen LogP contribution >= 0.6 is 11.3 Å². The summed E-state index contributed by atoms with van der Waals surface area (Å²) < 4.78 is 6.11. The van der Waals surface area contributed by atoms with Crippen LogP contribution in [0.3, 0.4) is 0 Å². The molecule has 162 valence electrons. The summed E-state index contributed by atoms with van der Waals surface area (Å²) >= 11 is 1.75. The van der Waals surface area contributed by atoms with Crippen molar-refractivity contribution in [2.24, 2.45) is 0 Å². The summed E-state index contributed by atoms with van der Waals surface area (Å²) in [4.78, 5) is 18.5. The number of hydrogen-bond acceptors (Lipinski definition) is 5. The number of aliphatic hydroxyl groups is 1. The van der Waals surface area contributed by atoms with E-state index in [1.807, 2.05) is 47.9 Å². The maximum atomic E-state index is 13.3. The largest absolute Gasteiger partial charge is 0.491 e. The van der Waals surface area contributed by atoms with Crippen LogP contribution in [0.15, 0.2) is 48.4 Å². The minimum Gasteiger partial charge on any atom is -0.491 e. The van der Waals surface area contributed by atoms with E-state index >= 15 is 0 Å². The van der Waals surface area contributed by atoms with Crippen LogP contribution in [0.1, 0.15) is 35.4 Å². The first-order chi connectivity index (χ1) is 14.5. The maximum Gasteiger partial charge on any atom is 0.237 e. The van der Waals surface area contributed by atoms with Gasteiger partial charge in [0.15, 0.2) is 0 Å². The molecule has 2 heterocycles. The van der Waals surface area contributed by atoms with E-state index in [9.17, 15) is 9.90 Å². The normalized spacial score (nSPS) is 16.9. The van der Waals surface area contributed by atoms with E-state index in [-0.39, 0.29) is 18.5 Å². The van der Waals surface area contributed by atoms with Crippen molar-refractivity contribution in [1.82, 2.24) is 9.80 Å². The van der Waals surface area contributed by atoms with Crippen molar-refractivity contribution in [3.05, 3.63) is 64.4 Å². The van der Waals surface area contributed by atoms with Gasteiger partial charge in [-0.2, -0.15) is 0 Å². The highest BCUT2D eigenvalue weighted by molar-refractivity contribution is 7.10. The van der Waals surface area contributed by atoms with E-state index in [1.54, 1.807) is 17.4 Å². The van der Waals surface area contributed by atoms with E-state index in [0.717, 1.165) is 17.7 Å². The van der Waals surface area contributed by atoms with Gasteiger partial charge >= 0.3 is 0 Å². The third kappa shape index (κ3) is 5.72. The van der Waals surface area contributed by atoms with Crippen molar-refractivity contribution in [3.8, 4) is 5.75 Å². The summed E-state index contributed by atoms with van der Waals surface area (Å²) in [6, 6.07) is 10.0. The molecule has 0 fully saturated rings. The predicted molar refractivity (Wildman–Crippen MR) is 122 cm³/mol. The van der Waals surface area contributed by atoms with Gasteiger partial charge in [0.2, 0.25) is 5.91 Å². The molecular weight excluding hydrogens is 396 g/mol. The van der Waals surface area contributed by atoms with E-state index < -0.39 is 6.10 Å². The molecule has 3 rings (SSSR count). The fraction of sp³-hybridized carbons (Fsp3) is 0.458. The van der Waals surface area contributed by atoms with Gasteiger partial charge in [-0.05, 0) is 54.5 Å². The van der Waals surface area contributed by atoms with Crippen molar-refractivity contribution in [1.29, 1.82) is 0 Å². The molecule has 0 radical (unpaired) electrons. The first-order valence-electron chi connectivity index (χ1n) is 10.6. The summed E-state index contributed by atoms with van der Waals surface area (Å²) in [5.41, 5.74) is 2.34. The molecule has 2 aromatic rings. The highest BCUT2D eigenvalue weighted by Gasteiger charge is 2.32. The molecule has 30 heavy (non-hydrogen) atoms. The van der Waals surface area contributed by atoms with Crippen LogP contribution in [0.5, 0.6) is 5.75 Å². The van der Waals surface area contributed by atoms with Crippen molar-refractivity contribution in [2.45, 2.75) is 38.8 Å². The van der Waals surface area contributed by atoms with Crippen molar-refractivity contribution in [3.63, 3.8) is 0 Å². The molecule has 1 N–H and O–H groups in total. The Hall–Kier alpha value is -2.15. The number of fused-ring (bicyclic) bond motifs is 1. The highest BCUT2D eigenvalue weighted by Crippen LogP contribution is 2.34. The number of carbonyl (C=O) groups excluding carboxylic acids is 1. The quantitative estimate of drug-likeness (QED) is 0.585. The maximum absolute atomic E-state index is 13.3. The predicted octanol–water partition coefficient (Wildman–Crippen LogP) is 3.82. The van der Waals surface area contributed by atoms with Gasteiger partial charge in [-0.1, -0.05) is 25.1 Å². The average Bonchev–Trinajstić information content (AvgIpc) is 3.21. The number of nitrogens with zero attached hydrogens (tertiary/aromatic N) is 2. The number of ether oxygens (including phenoxy) is 1. The molecule has 1 aliphatic rings. The number of aliphatic hydroxyl groups excluding tert-OH is 1. The van der Waals surface area contributed by atoms with E-state index in [1.165, 1.54) is 10.4 Å². The molecule has 0 saturated carbocycles. The van der Waals surface area contributed by atoms with Crippen LogP contribution < -0.4 is 4.74 Å². The van der Waals surface area contributed by atoms with Crippen molar-refractivity contribution >= 4 is 17.2 Å². The van der Waals surface area contributed by atoms with Crippen LogP contribution in [0.25, 0.3) is 0 Å². The van der Waals surface area contributed by atoms with Gasteiger partial charge in [-0.15, -0.1) is 17.9 Å². The van der Waals surface area contributed by atoms with Crippen LogP contribution in [-0.2, 0) is 11.2 Å². The molecule has 1 aromatic heterocycles. The van der Waals surface area contributed by atoms with Gasteiger partial charge in [-0.25, -0.2) is 0 Å². The Morgan fingerprint density at radius 2 is 2.30 bits per heavy atom. The Morgan fingerprint density at radius 3 is 3.03 bits per heavy atom. The molecule has 0 spiro atoms. The Labute approximate surface area is 183 Å². The first kappa shape index (κ1) is 22.5. The number of hydrogen-bond donors (Lipinski definition) is 1. The first-order valence-corrected chi connectivity index (χ1v) is 11.5. The van der Waals surface area contributed by atoms with E-state index in [4.69, 9.17) is 4.74 Å². The second-order valence-corrected chi connectivity index (χ2v) is 8.83. The molecule has 1 amide bonds. The third-order valence-corrected chi connectivity index (χ3v) is 6.50. The minimum atomic E-state index is -0.442. The van der Waals surface area contributed by atoms with Crippen LogP contribution in [0.2, 0.25) is 0 Å². The molecule has 0 aliphatic carbocycles. The second kappa shape index (κ2) is 10.8. The molecular formula is C24H32N2O3S. The lowest BCUT2D eigenvalue weighted by molar-refractivity contribution is -0.136. The zero-order valence-corrected chi connectivity index (χ0v) is 18.7. The molecule has 5 nitrogen and oxygen atoms in total. The zero-order chi connectivity index (χ0) is 21.5. The van der Waals surface area contributed by atoms with Crippen LogP contribution in [0.4, 0.5) is 0 Å². The van der Waals surface area contributed by atoms with Gasteiger partial charge < -0.3 is 14.7 Å². The zero-order valence-electron chi connectivity index (χ0n) is 17.9. The Bertz CT molecular complexity index is 850. The molecule has 6 heteroatoms. The third-order valence-electron chi connectivity index (χ3n) is 5.50. The van der Waals surface area contributed by atoms with E-state index in [0.29, 0.717) is 32.7 Å². The lowest BCUT2D eigenvalue weighted by atomic mass is 10.0. The molecule has 1 aromatic carbocycles. The SMILES string of the molecule is C=CCN(CC(=O)N1CCc2sccc2[C@H]1COc1cccc(C)c1)C[C@H](O)CC. The minimum absolute atomic E-state index is 0.0647. The van der Waals surface area contributed by atoms with Crippen molar-refractivity contribution < 1.29 is 14.6 Å². The number of amides is 1. The average molecular weight is 429 g/mol. The van der Waals surface area contributed by atoms with Gasteiger partial charge in [-0.3, -0.25) is 9.69 Å². The highest BCUT2D eigenvalue weighted by atomic mass is 32.1. The summed E-state index contributed by atoms with van der Waals surface area (Å²) in [5.74, 6) is 0.888. The van der Waals surface area contributed by atoms with Gasteiger partial charge in [0.05, 0.1) is 18.7 Å². The number of rotatable bonds is 10. The molecule has 2 atom stereocenters. The Morgan fingerprint density at radius 1 is 1.47 bits per heavy atom. The monoisotopic (exact) mass is 428 g/mol. The lowest BCUT2D eigenvalue weighted by Crippen LogP contribution is -2.47. The van der Waals surface area contributed by atoms with Crippen LogP contribution in [-0.4, -0.2) is 59.7 Å². The van der Waals surface area contributed by atoms with Gasteiger partial charge in [0.1, 0.15) is 12.4 Å². The number of thiophene rings is 1. The topological polar surface area (TPSA) is 53.0 Å². The number of aryl methyl sites for hydroxylation is 1. The van der Waals surface area contributed by atoms with Crippen molar-refractivity contribution in [2.75, 3.05) is 32.8 Å². The van der Waals surface area contributed by atoms with Crippen LogP contribution in [0, 0.1) is 6.92 Å². The summed E-state index contributed by atoms with van der Waals surface area (Å²) in [6.45, 7) is 10.2. The second-order valence-electron chi connectivity index (χ2n) is 7.82. The molecule has 0 bridgehead atoms. The fourth-order valence-corrected chi connectivity index (χ4v) is 4.78. The molecule has 1 aliphatic heterocycles. The Kier molecular flexibility index (Phi) is 8.08.